The number of aryl methyl sites for hydroxylation is 1. The summed E-state index contributed by atoms with van der Waals surface area (Å²) in [6.45, 7) is 4.81. The highest BCUT2D eigenvalue weighted by atomic mass is 16.5. The van der Waals surface area contributed by atoms with Gasteiger partial charge in [-0.2, -0.15) is 0 Å². The molecule has 1 fully saturated rings. The minimum atomic E-state index is -0.868. The number of carbonyl (C=O) groups is 2. The van der Waals surface area contributed by atoms with Crippen LogP contribution in [0, 0.1) is 0 Å². The molecule has 34 heavy (non-hydrogen) atoms. The van der Waals surface area contributed by atoms with Crippen LogP contribution >= 0.6 is 0 Å². The lowest BCUT2D eigenvalue weighted by molar-refractivity contribution is -0.132. The Balaban J connectivity index is 1.70. The van der Waals surface area contributed by atoms with Crippen molar-refractivity contribution in [3.63, 3.8) is 0 Å². The van der Waals surface area contributed by atoms with Gasteiger partial charge in [-0.05, 0) is 66.9 Å². The number of nitrogens with zero attached hydrogens (tertiary/aromatic N) is 1. The largest absolute Gasteiger partial charge is 0.507 e. The molecular weight excluding hydrogens is 430 g/mol. The number of ketones is 1. The van der Waals surface area contributed by atoms with Gasteiger partial charge in [-0.3, -0.25) is 14.5 Å². The quantitative estimate of drug-likeness (QED) is 0.183. The molecule has 1 aromatic heterocycles. The lowest BCUT2D eigenvalue weighted by atomic mass is 9.99. The lowest BCUT2D eigenvalue weighted by Gasteiger charge is -2.23. The van der Waals surface area contributed by atoms with Crippen molar-refractivity contribution in [1.82, 2.24) is 0 Å². The Hall–Kier alpha value is -3.80. The molecule has 2 aromatic carbocycles. The van der Waals surface area contributed by atoms with Gasteiger partial charge in [-0.15, -0.1) is 0 Å². The normalized spacial score (nSPS) is 17.4. The number of aliphatic hydroxyl groups excluding tert-OH is 1. The summed E-state index contributed by atoms with van der Waals surface area (Å²) in [5.41, 5.74) is 2.11. The molecule has 1 saturated heterocycles. The van der Waals surface area contributed by atoms with Crippen LogP contribution < -0.4 is 9.64 Å². The molecule has 1 aliphatic heterocycles. The molecule has 1 amide bonds. The second kappa shape index (κ2) is 10.4. The minimum Gasteiger partial charge on any atom is -0.507 e. The zero-order valence-corrected chi connectivity index (χ0v) is 19.5. The van der Waals surface area contributed by atoms with Crippen molar-refractivity contribution < 1.29 is 23.8 Å². The maximum absolute atomic E-state index is 13.1. The molecule has 6 heteroatoms. The highest BCUT2D eigenvalue weighted by Crippen LogP contribution is 2.42. The number of ether oxygens (including phenoxy) is 1. The molecule has 1 N–H and O–H groups in total. The molecule has 4 rings (SSSR count). The third kappa shape index (κ3) is 4.62. The molecule has 1 unspecified atom stereocenters. The summed E-state index contributed by atoms with van der Waals surface area (Å²) in [6, 6.07) is 16.9. The number of hydrogen-bond acceptors (Lipinski definition) is 5. The standard InChI is InChI=1S/C28H29NO5/c1-3-5-6-17-33-22-15-11-20(12-16-22)26(30)24-25(23-8-7-18-34-23)29(28(32)27(24)31)21-13-9-19(4-2)10-14-21/h7-16,18,25,30H,3-6,17H2,1-2H3/b26-24-. The first kappa shape index (κ1) is 23.4. The SMILES string of the molecule is CCCCCOc1ccc(/C(O)=C2/C(=O)C(=O)N(c3ccc(CC)cc3)C2c2ccco2)cc1. The van der Waals surface area contributed by atoms with Gasteiger partial charge in [0.1, 0.15) is 23.3 Å². The summed E-state index contributed by atoms with van der Waals surface area (Å²) in [5, 5.41) is 11.2. The number of hydrogen-bond donors (Lipinski definition) is 1. The average molecular weight is 460 g/mol. The van der Waals surface area contributed by atoms with Gasteiger partial charge in [0.2, 0.25) is 0 Å². The number of anilines is 1. The Morgan fingerprint density at radius 3 is 2.35 bits per heavy atom. The Morgan fingerprint density at radius 2 is 1.74 bits per heavy atom. The molecule has 0 spiro atoms. The summed E-state index contributed by atoms with van der Waals surface area (Å²) in [7, 11) is 0. The molecule has 0 saturated carbocycles. The first-order valence-electron chi connectivity index (χ1n) is 11.7. The van der Waals surface area contributed by atoms with Crippen LogP contribution in [0.1, 0.15) is 56.0 Å². The van der Waals surface area contributed by atoms with Crippen LogP contribution in [-0.4, -0.2) is 23.4 Å². The van der Waals surface area contributed by atoms with Gasteiger partial charge >= 0.3 is 0 Å². The van der Waals surface area contributed by atoms with E-state index in [0.29, 0.717) is 29.4 Å². The second-order valence-electron chi connectivity index (χ2n) is 8.28. The van der Waals surface area contributed by atoms with Gasteiger partial charge in [0.25, 0.3) is 11.7 Å². The Kier molecular flexibility index (Phi) is 7.16. The van der Waals surface area contributed by atoms with Crippen LogP contribution in [0.5, 0.6) is 5.75 Å². The van der Waals surface area contributed by atoms with Gasteiger partial charge in [0.05, 0.1) is 18.4 Å². The zero-order chi connectivity index (χ0) is 24.1. The molecular formula is C28H29NO5. The molecule has 1 aliphatic rings. The first-order valence-corrected chi connectivity index (χ1v) is 11.7. The number of unbranched alkanes of at least 4 members (excludes halogenated alkanes) is 2. The molecule has 0 radical (unpaired) electrons. The molecule has 2 heterocycles. The van der Waals surface area contributed by atoms with Crippen LogP contribution in [0.3, 0.4) is 0 Å². The summed E-state index contributed by atoms with van der Waals surface area (Å²) in [6.07, 6.45) is 5.55. The Labute approximate surface area is 199 Å². The van der Waals surface area contributed by atoms with E-state index >= 15 is 0 Å². The Bertz CT molecular complexity index is 1160. The highest BCUT2D eigenvalue weighted by Gasteiger charge is 2.48. The minimum absolute atomic E-state index is 0.00358. The lowest BCUT2D eigenvalue weighted by Crippen LogP contribution is -2.29. The van der Waals surface area contributed by atoms with E-state index in [2.05, 4.69) is 6.92 Å². The van der Waals surface area contributed by atoms with E-state index < -0.39 is 17.7 Å². The van der Waals surface area contributed by atoms with Gasteiger partial charge in [0.15, 0.2) is 0 Å². The van der Waals surface area contributed by atoms with Crippen molar-refractivity contribution in [3.8, 4) is 5.75 Å². The van der Waals surface area contributed by atoms with Crippen LogP contribution in [0.25, 0.3) is 5.76 Å². The third-order valence-corrected chi connectivity index (χ3v) is 6.02. The summed E-state index contributed by atoms with van der Waals surface area (Å²) < 4.78 is 11.3. The van der Waals surface area contributed by atoms with Gasteiger partial charge in [-0.25, -0.2) is 0 Å². The van der Waals surface area contributed by atoms with Gasteiger partial charge in [-0.1, -0.05) is 38.8 Å². The number of benzene rings is 2. The van der Waals surface area contributed by atoms with Crippen molar-refractivity contribution >= 4 is 23.1 Å². The highest BCUT2D eigenvalue weighted by molar-refractivity contribution is 6.51. The maximum Gasteiger partial charge on any atom is 0.300 e. The summed E-state index contributed by atoms with van der Waals surface area (Å²) >= 11 is 0. The summed E-state index contributed by atoms with van der Waals surface area (Å²) in [5.74, 6) is -0.616. The molecule has 0 bridgehead atoms. The molecule has 6 nitrogen and oxygen atoms in total. The average Bonchev–Trinajstić information content (AvgIpc) is 3.49. The molecule has 176 valence electrons. The first-order chi connectivity index (χ1) is 16.5. The summed E-state index contributed by atoms with van der Waals surface area (Å²) in [4.78, 5) is 27.6. The molecule has 3 aromatic rings. The number of furan rings is 1. The van der Waals surface area contributed by atoms with Crippen LogP contribution in [0.4, 0.5) is 5.69 Å². The van der Waals surface area contributed by atoms with Crippen molar-refractivity contribution in [1.29, 1.82) is 0 Å². The fraction of sp³-hybridized carbons (Fsp3) is 0.286. The van der Waals surface area contributed by atoms with Crippen molar-refractivity contribution in [2.75, 3.05) is 11.5 Å². The Morgan fingerprint density at radius 1 is 1.00 bits per heavy atom. The van der Waals surface area contributed by atoms with E-state index in [0.717, 1.165) is 31.2 Å². The maximum atomic E-state index is 13.1. The van der Waals surface area contributed by atoms with Crippen molar-refractivity contribution in [3.05, 3.63) is 89.4 Å². The third-order valence-electron chi connectivity index (χ3n) is 6.02. The number of rotatable bonds is 9. The topological polar surface area (TPSA) is 80.0 Å². The predicted molar refractivity (Wildman–Crippen MR) is 131 cm³/mol. The zero-order valence-electron chi connectivity index (χ0n) is 19.5. The van der Waals surface area contributed by atoms with Crippen LogP contribution in [0.15, 0.2) is 76.9 Å². The van der Waals surface area contributed by atoms with E-state index in [1.165, 1.54) is 11.2 Å². The number of carbonyl (C=O) groups excluding carboxylic acids is 2. The second-order valence-corrected chi connectivity index (χ2v) is 8.28. The predicted octanol–water partition coefficient (Wildman–Crippen LogP) is 6.04. The van der Waals surface area contributed by atoms with Gasteiger partial charge in [0, 0.05) is 11.3 Å². The van der Waals surface area contributed by atoms with Gasteiger partial charge < -0.3 is 14.3 Å². The van der Waals surface area contributed by atoms with E-state index in [1.807, 2.05) is 31.2 Å². The van der Waals surface area contributed by atoms with E-state index in [-0.39, 0.29) is 11.3 Å². The number of aliphatic hydroxyl groups is 1. The van der Waals surface area contributed by atoms with Crippen LogP contribution in [0.2, 0.25) is 0 Å². The van der Waals surface area contributed by atoms with E-state index in [4.69, 9.17) is 9.15 Å². The fourth-order valence-corrected chi connectivity index (χ4v) is 4.11. The van der Waals surface area contributed by atoms with Crippen molar-refractivity contribution in [2.45, 2.75) is 45.6 Å². The number of amides is 1. The van der Waals surface area contributed by atoms with E-state index in [9.17, 15) is 14.7 Å². The molecule has 1 atom stereocenters. The van der Waals surface area contributed by atoms with Crippen LogP contribution in [-0.2, 0) is 16.0 Å². The van der Waals surface area contributed by atoms with Crippen molar-refractivity contribution in [2.24, 2.45) is 0 Å². The monoisotopic (exact) mass is 459 g/mol. The molecule has 0 aliphatic carbocycles. The fourth-order valence-electron chi connectivity index (χ4n) is 4.11. The smallest absolute Gasteiger partial charge is 0.300 e. The van der Waals surface area contributed by atoms with E-state index in [1.54, 1.807) is 36.4 Å². The number of Topliss-reactive ketones (excluding diaryl/α,β-unsaturated/α-hetero) is 1.